The van der Waals surface area contributed by atoms with Crippen LogP contribution in [0.25, 0.3) is 0 Å². The lowest BCUT2D eigenvalue weighted by Crippen LogP contribution is -2.14. The maximum atomic E-state index is 14.7. The summed E-state index contributed by atoms with van der Waals surface area (Å²) in [6.07, 6.45) is 14.4. The molecule has 1 aromatic rings. The van der Waals surface area contributed by atoms with Crippen LogP contribution >= 0.6 is 0 Å². The van der Waals surface area contributed by atoms with Crippen LogP contribution < -0.4 is 0 Å². The van der Waals surface area contributed by atoms with E-state index in [1.165, 1.54) is 38.5 Å². The van der Waals surface area contributed by atoms with Gasteiger partial charge in [0.1, 0.15) is 11.6 Å². The van der Waals surface area contributed by atoms with Gasteiger partial charge in [0, 0.05) is 5.56 Å². The van der Waals surface area contributed by atoms with Crippen LogP contribution in [0, 0.1) is 23.5 Å². The van der Waals surface area contributed by atoms with Gasteiger partial charge in [-0.2, -0.15) is 0 Å². The molecule has 0 amide bonds. The van der Waals surface area contributed by atoms with Crippen LogP contribution in [-0.4, -0.2) is 0 Å². The second-order valence-corrected chi connectivity index (χ2v) is 9.01. The van der Waals surface area contributed by atoms with Crippen LogP contribution in [0.4, 0.5) is 13.2 Å². The number of unbranched alkanes of at least 4 members (excludes halogenated alkanes) is 2. The zero-order chi connectivity index (χ0) is 19.9. The van der Waals surface area contributed by atoms with Crippen LogP contribution in [-0.2, 0) is 6.42 Å². The average Bonchev–Trinajstić information content (AvgIpc) is 2.69. The van der Waals surface area contributed by atoms with E-state index < -0.39 is 11.6 Å². The van der Waals surface area contributed by atoms with E-state index in [0.717, 1.165) is 37.2 Å². The number of hydrogen-bond donors (Lipinski definition) is 0. The van der Waals surface area contributed by atoms with Crippen molar-refractivity contribution in [1.29, 1.82) is 0 Å². The Bertz CT molecular complexity index is 633. The van der Waals surface area contributed by atoms with E-state index in [2.05, 4.69) is 6.92 Å². The summed E-state index contributed by atoms with van der Waals surface area (Å²) < 4.78 is 42.4. The van der Waals surface area contributed by atoms with Gasteiger partial charge < -0.3 is 0 Å². The molecule has 0 radical (unpaired) electrons. The van der Waals surface area contributed by atoms with Crippen molar-refractivity contribution in [3.63, 3.8) is 0 Å². The third-order valence-corrected chi connectivity index (χ3v) is 6.96. The summed E-state index contributed by atoms with van der Waals surface area (Å²) in [7, 11) is 0. The first kappa shape index (κ1) is 21.5. The van der Waals surface area contributed by atoms with Gasteiger partial charge in [0.25, 0.3) is 0 Å². The summed E-state index contributed by atoms with van der Waals surface area (Å²) in [5, 5.41) is 0. The maximum absolute atomic E-state index is 14.7. The Kier molecular flexibility index (Phi) is 8.05. The quantitative estimate of drug-likeness (QED) is 0.390. The van der Waals surface area contributed by atoms with Crippen LogP contribution in [0.15, 0.2) is 24.0 Å². The molecular formula is C25H35F3. The number of hydrogen-bond acceptors (Lipinski definition) is 0. The number of benzene rings is 1. The highest BCUT2D eigenvalue weighted by Gasteiger charge is 2.24. The average molecular weight is 393 g/mol. The highest BCUT2D eigenvalue weighted by Crippen LogP contribution is 2.39. The van der Waals surface area contributed by atoms with E-state index >= 15 is 0 Å². The fourth-order valence-electron chi connectivity index (χ4n) is 5.03. The zero-order valence-electron chi connectivity index (χ0n) is 17.3. The molecule has 0 bridgehead atoms. The Labute approximate surface area is 168 Å². The Hall–Kier alpha value is -1.25. The van der Waals surface area contributed by atoms with E-state index in [4.69, 9.17) is 0 Å². The Morgan fingerprint density at radius 2 is 1.57 bits per heavy atom. The van der Waals surface area contributed by atoms with E-state index in [9.17, 15) is 13.2 Å². The molecule has 2 aliphatic rings. The zero-order valence-corrected chi connectivity index (χ0v) is 17.3. The molecule has 0 saturated heterocycles. The normalized spacial score (nSPS) is 25.6. The molecule has 0 heterocycles. The van der Waals surface area contributed by atoms with Gasteiger partial charge in [0.2, 0.25) is 0 Å². The number of halogens is 3. The standard InChI is InChI=1S/C25H35F3/c1-2-3-4-5-18-6-11-20(12-7-18)21-16-24(27)23(25(28)17-21)15-10-19-8-13-22(26)14-9-19/h13,16-20H,2-12,14-15H2,1H3/t18-,19?,20-. The van der Waals surface area contributed by atoms with Gasteiger partial charge in [-0.3, -0.25) is 0 Å². The molecule has 0 aromatic heterocycles. The molecule has 0 N–H and O–H groups in total. The molecule has 1 unspecified atom stereocenters. The topological polar surface area (TPSA) is 0 Å². The molecule has 3 rings (SSSR count). The maximum Gasteiger partial charge on any atom is 0.129 e. The highest BCUT2D eigenvalue weighted by molar-refractivity contribution is 5.29. The molecule has 1 saturated carbocycles. The monoisotopic (exact) mass is 392 g/mol. The van der Waals surface area contributed by atoms with Crippen molar-refractivity contribution < 1.29 is 13.2 Å². The first-order chi connectivity index (χ1) is 13.6. The van der Waals surface area contributed by atoms with E-state index in [-0.39, 0.29) is 11.4 Å². The summed E-state index contributed by atoms with van der Waals surface area (Å²) in [6.45, 7) is 2.23. The first-order valence-corrected chi connectivity index (χ1v) is 11.4. The Morgan fingerprint density at radius 3 is 2.18 bits per heavy atom. The second kappa shape index (κ2) is 10.5. The van der Waals surface area contributed by atoms with Crippen LogP contribution in [0.2, 0.25) is 0 Å². The summed E-state index contributed by atoms with van der Waals surface area (Å²) >= 11 is 0. The largest absolute Gasteiger partial charge is 0.212 e. The Morgan fingerprint density at radius 1 is 0.857 bits per heavy atom. The van der Waals surface area contributed by atoms with Gasteiger partial charge in [-0.05, 0) is 93.2 Å². The lowest BCUT2D eigenvalue weighted by Gasteiger charge is -2.29. The van der Waals surface area contributed by atoms with Gasteiger partial charge in [-0.25, -0.2) is 13.2 Å². The molecule has 0 spiro atoms. The van der Waals surface area contributed by atoms with E-state index in [1.54, 1.807) is 18.2 Å². The van der Waals surface area contributed by atoms with Crippen LogP contribution in [0.5, 0.6) is 0 Å². The van der Waals surface area contributed by atoms with Gasteiger partial charge in [0.15, 0.2) is 0 Å². The molecule has 0 nitrogen and oxygen atoms in total. The van der Waals surface area contributed by atoms with Crippen molar-refractivity contribution in [3.05, 3.63) is 46.8 Å². The molecule has 0 aliphatic heterocycles. The first-order valence-electron chi connectivity index (χ1n) is 11.4. The minimum Gasteiger partial charge on any atom is -0.212 e. The number of allylic oxidation sites excluding steroid dienone is 2. The molecule has 28 heavy (non-hydrogen) atoms. The summed E-state index contributed by atoms with van der Waals surface area (Å²) in [6, 6.07) is 3.17. The third kappa shape index (κ3) is 5.87. The minimum atomic E-state index is -0.391. The fraction of sp³-hybridized carbons (Fsp3) is 0.680. The predicted octanol–water partition coefficient (Wildman–Crippen LogP) is 8.41. The molecule has 1 aromatic carbocycles. The molecular weight excluding hydrogens is 357 g/mol. The summed E-state index contributed by atoms with van der Waals surface area (Å²) in [5.74, 6) is 0.604. The van der Waals surface area contributed by atoms with Crippen LogP contribution in [0.3, 0.4) is 0 Å². The van der Waals surface area contributed by atoms with Crippen molar-refractivity contribution >= 4 is 0 Å². The van der Waals surface area contributed by atoms with Crippen molar-refractivity contribution in [2.24, 2.45) is 11.8 Å². The lowest BCUT2D eigenvalue weighted by molar-refractivity contribution is 0.302. The summed E-state index contributed by atoms with van der Waals surface area (Å²) in [4.78, 5) is 0. The van der Waals surface area contributed by atoms with Gasteiger partial charge in [-0.1, -0.05) is 38.7 Å². The van der Waals surface area contributed by atoms with E-state index in [0.29, 0.717) is 31.1 Å². The van der Waals surface area contributed by atoms with Crippen molar-refractivity contribution in [3.8, 4) is 0 Å². The third-order valence-electron chi connectivity index (χ3n) is 6.96. The van der Waals surface area contributed by atoms with Crippen molar-refractivity contribution in [2.75, 3.05) is 0 Å². The van der Waals surface area contributed by atoms with Gasteiger partial charge >= 0.3 is 0 Å². The van der Waals surface area contributed by atoms with Crippen molar-refractivity contribution in [2.45, 2.75) is 96.3 Å². The van der Waals surface area contributed by atoms with E-state index in [1.807, 2.05) is 0 Å². The highest BCUT2D eigenvalue weighted by atomic mass is 19.1. The molecule has 2 aliphatic carbocycles. The van der Waals surface area contributed by atoms with Gasteiger partial charge in [0.05, 0.1) is 5.83 Å². The molecule has 1 fully saturated rings. The smallest absolute Gasteiger partial charge is 0.129 e. The second-order valence-electron chi connectivity index (χ2n) is 9.01. The van der Waals surface area contributed by atoms with Gasteiger partial charge in [-0.15, -0.1) is 0 Å². The summed E-state index contributed by atoms with van der Waals surface area (Å²) in [5.41, 5.74) is 1.06. The minimum absolute atomic E-state index is 0.0435. The molecule has 1 atom stereocenters. The Balaban J connectivity index is 1.53. The van der Waals surface area contributed by atoms with Crippen molar-refractivity contribution in [1.82, 2.24) is 0 Å². The molecule has 3 heteroatoms. The fourth-order valence-corrected chi connectivity index (χ4v) is 5.03. The SMILES string of the molecule is CCCCC[C@H]1CC[C@H](c2cc(F)c(CCC3CC=C(F)CC3)c(F)c2)CC1. The lowest BCUT2D eigenvalue weighted by atomic mass is 9.76. The molecule has 156 valence electrons. The predicted molar refractivity (Wildman–Crippen MR) is 110 cm³/mol. The number of rotatable bonds is 8. The van der Waals surface area contributed by atoms with Crippen LogP contribution in [0.1, 0.15) is 101 Å².